The van der Waals surface area contributed by atoms with Crippen molar-refractivity contribution < 1.29 is 9.18 Å². The molecule has 1 amide bonds. The summed E-state index contributed by atoms with van der Waals surface area (Å²) in [5.41, 5.74) is 2.61. The molecule has 1 aliphatic heterocycles. The van der Waals surface area contributed by atoms with Gasteiger partial charge < -0.3 is 10.6 Å². The summed E-state index contributed by atoms with van der Waals surface area (Å²) < 4.78 is 13.6. The van der Waals surface area contributed by atoms with Crippen LogP contribution in [0.3, 0.4) is 0 Å². The number of halogens is 1. The second-order valence-electron chi connectivity index (χ2n) is 7.00. The molecule has 1 saturated heterocycles. The Labute approximate surface area is 153 Å². The SMILES string of the molecule is Cc1ccc(NC[C@@H]2C[C@H](CCCc3cccc(F)c3C)C(=O)N2)nn1. The van der Waals surface area contributed by atoms with Gasteiger partial charge in [-0.15, -0.1) is 5.10 Å². The summed E-state index contributed by atoms with van der Waals surface area (Å²) in [6, 6.07) is 9.08. The lowest BCUT2D eigenvalue weighted by Crippen LogP contribution is -2.32. The number of aryl methyl sites for hydroxylation is 2. The van der Waals surface area contributed by atoms with Crippen molar-refractivity contribution in [2.75, 3.05) is 11.9 Å². The van der Waals surface area contributed by atoms with Gasteiger partial charge in [0.05, 0.1) is 5.69 Å². The largest absolute Gasteiger partial charge is 0.367 e. The molecule has 1 aromatic heterocycles. The van der Waals surface area contributed by atoms with Crippen LogP contribution in [0.5, 0.6) is 0 Å². The van der Waals surface area contributed by atoms with Crippen molar-refractivity contribution in [1.29, 1.82) is 0 Å². The minimum absolute atomic E-state index is 0.0276. The summed E-state index contributed by atoms with van der Waals surface area (Å²) in [5, 5.41) is 14.3. The van der Waals surface area contributed by atoms with Crippen LogP contribution in [0.2, 0.25) is 0 Å². The number of carbonyl (C=O) groups is 1. The first kappa shape index (κ1) is 18.3. The summed E-state index contributed by atoms with van der Waals surface area (Å²) in [6.45, 7) is 4.34. The Balaban J connectivity index is 1.44. The smallest absolute Gasteiger partial charge is 0.223 e. The zero-order chi connectivity index (χ0) is 18.5. The number of anilines is 1. The van der Waals surface area contributed by atoms with E-state index < -0.39 is 0 Å². The van der Waals surface area contributed by atoms with Gasteiger partial charge in [0.1, 0.15) is 11.6 Å². The number of nitrogens with one attached hydrogen (secondary N) is 2. The van der Waals surface area contributed by atoms with Crippen molar-refractivity contribution >= 4 is 11.7 Å². The summed E-state index contributed by atoms with van der Waals surface area (Å²) in [7, 11) is 0. The van der Waals surface area contributed by atoms with Crippen LogP contribution in [-0.4, -0.2) is 28.7 Å². The first-order valence-electron chi connectivity index (χ1n) is 9.11. The summed E-state index contributed by atoms with van der Waals surface area (Å²) in [4.78, 5) is 12.2. The Morgan fingerprint density at radius 2 is 2.08 bits per heavy atom. The quantitative estimate of drug-likeness (QED) is 0.800. The number of nitrogens with zero attached hydrogens (tertiary/aromatic N) is 2. The van der Waals surface area contributed by atoms with Crippen molar-refractivity contribution in [3.63, 3.8) is 0 Å². The topological polar surface area (TPSA) is 66.9 Å². The van der Waals surface area contributed by atoms with E-state index in [1.165, 1.54) is 6.07 Å². The van der Waals surface area contributed by atoms with Crippen LogP contribution in [0.15, 0.2) is 30.3 Å². The number of rotatable bonds is 7. The van der Waals surface area contributed by atoms with Gasteiger partial charge in [-0.3, -0.25) is 4.79 Å². The Morgan fingerprint density at radius 1 is 1.23 bits per heavy atom. The molecule has 2 N–H and O–H groups in total. The first-order chi connectivity index (χ1) is 12.5. The van der Waals surface area contributed by atoms with Crippen LogP contribution >= 0.6 is 0 Å². The Kier molecular flexibility index (Phi) is 5.81. The Morgan fingerprint density at radius 3 is 2.85 bits per heavy atom. The molecule has 2 atom stereocenters. The van der Waals surface area contributed by atoms with Crippen molar-refractivity contribution in [2.24, 2.45) is 5.92 Å². The Hall–Kier alpha value is -2.50. The molecular weight excluding hydrogens is 331 g/mol. The van der Waals surface area contributed by atoms with E-state index in [1.807, 2.05) is 32.0 Å². The maximum Gasteiger partial charge on any atom is 0.223 e. The van der Waals surface area contributed by atoms with Gasteiger partial charge in [-0.2, -0.15) is 5.10 Å². The summed E-state index contributed by atoms with van der Waals surface area (Å²) >= 11 is 0. The van der Waals surface area contributed by atoms with E-state index in [-0.39, 0.29) is 23.7 Å². The van der Waals surface area contributed by atoms with E-state index in [2.05, 4.69) is 20.8 Å². The van der Waals surface area contributed by atoms with Crippen LogP contribution in [0.1, 0.15) is 36.1 Å². The number of hydrogen-bond donors (Lipinski definition) is 2. The van der Waals surface area contributed by atoms with Crippen molar-refractivity contribution in [2.45, 2.75) is 45.6 Å². The molecule has 2 heterocycles. The van der Waals surface area contributed by atoms with Crippen molar-refractivity contribution in [3.05, 3.63) is 53.0 Å². The molecule has 5 nitrogen and oxygen atoms in total. The molecule has 3 rings (SSSR count). The third kappa shape index (κ3) is 4.56. The van der Waals surface area contributed by atoms with Crippen LogP contribution in [0.4, 0.5) is 10.2 Å². The highest BCUT2D eigenvalue weighted by Crippen LogP contribution is 2.23. The normalized spacial score (nSPS) is 19.4. The second-order valence-corrected chi connectivity index (χ2v) is 7.00. The Bertz CT molecular complexity index is 763. The van der Waals surface area contributed by atoms with Crippen molar-refractivity contribution in [3.8, 4) is 0 Å². The zero-order valence-corrected chi connectivity index (χ0v) is 15.3. The molecule has 0 aliphatic carbocycles. The average Bonchev–Trinajstić information content (AvgIpc) is 2.98. The van der Waals surface area contributed by atoms with Gasteiger partial charge in [0.15, 0.2) is 0 Å². The van der Waals surface area contributed by atoms with Gasteiger partial charge in [-0.1, -0.05) is 12.1 Å². The molecule has 6 heteroatoms. The van der Waals surface area contributed by atoms with Gasteiger partial charge >= 0.3 is 0 Å². The highest BCUT2D eigenvalue weighted by atomic mass is 19.1. The number of carbonyl (C=O) groups excluding carboxylic acids is 1. The highest BCUT2D eigenvalue weighted by molar-refractivity contribution is 5.81. The molecule has 0 unspecified atom stereocenters. The maximum atomic E-state index is 13.6. The van der Waals surface area contributed by atoms with Gasteiger partial charge in [-0.25, -0.2) is 4.39 Å². The average molecular weight is 356 g/mol. The lowest BCUT2D eigenvalue weighted by molar-refractivity contribution is -0.122. The fraction of sp³-hybridized carbons (Fsp3) is 0.450. The number of aromatic nitrogens is 2. The molecule has 26 heavy (non-hydrogen) atoms. The molecule has 0 radical (unpaired) electrons. The highest BCUT2D eigenvalue weighted by Gasteiger charge is 2.31. The third-order valence-electron chi connectivity index (χ3n) is 4.99. The minimum atomic E-state index is -0.161. The first-order valence-corrected chi connectivity index (χ1v) is 9.11. The van der Waals surface area contributed by atoms with Crippen LogP contribution in [-0.2, 0) is 11.2 Å². The molecule has 0 saturated carbocycles. The lowest BCUT2D eigenvalue weighted by Gasteiger charge is -2.11. The third-order valence-corrected chi connectivity index (χ3v) is 4.99. The van der Waals surface area contributed by atoms with E-state index in [9.17, 15) is 9.18 Å². The second kappa shape index (κ2) is 8.25. The van der Waals surface area contributed by atoms with E-state index in [0.29, 0.717) is 12.1 Å². The number of amides is 1. The van der Waals surface area contributed by atoms with E-state index in [1.54, 1.807) is 6.07 Å². The number of hydrogen-bond acceptors (Lipinski definition) is 4. The molecular formula is C20H25FN4O. The van der Waals surface area contributed by atoms with Crippen LogP contribution in [0, 0.1) is 25.6 Å². The lowest BCUT2D eigenvalue weighted by atomic mass is 9.95. The van der Waals surface area contributed by atoms with Gasteiger partial charge in [0.2, 0.25) is 5.91 Å². The molecule has 2 aromatic rings. The predicted octanol–water partition coefficient (Wildman–Crippen LogP) is 3.17. The van der Waals surface area contributed by atoms with Gasteiger partial charge in [-0.05, 0) is 68.9 Å². The molecule has 1 aromatic carbocycles. The molecule has 0 spiro atoms. The van der Waals surface area contributed by atoms with E-state index >= 15 is 0 Å². The van der Waals surface area contributed by atoms with Crippen LogP contribution in [0.25, 0.3) is 0 Å². The van der Waals surface area contributed by atoms with E-state index in [0.717, 1.165) is 42.8 Å². The summed E-state index contributed by atoms with van der Waals surface area (Å²) in [5.74, 6) is 0.698. The van der Waals surface area contributed by atoms with Gasteiger partial charge in [0, 0.05) is 18.5 Å². The standard InChI is InChI=1S/C20H25FN4O/c1-13-9-10-19(25-24-13)22-12-17-11-16(20(26)23-17)7-3-5-15-6-4-8-18(21)14(15)2/h4,6,8-10,16-17H,3,5,7,11-12H2,1-2H3,(H,22,25)(H,23,26)/t16-,17-/m0/s1. The fourth-order valence-corrected chi connectivity index (χ4v) is 3.39. The van der Waals surface area contributed by atoms with Crippen LogP contribution < -0.4 is 10.6 Å². The summed E-state index contributed by atoms with van der Waals surface area (Å²) in [6.07, 6.45) is 3.32. The number of benzene rings is 1. The monoisotopic (exact) mass is 356 g/mol. The molecule has 1 fully saturated rings. The predicted molar refractivity (Wildman–Crippen MR) is 99.4 cm³/mol. The van der Waals surface area contributed by atoms with Gasteiger partial charge in [0.25, 0.3) is 0 Å². The zero-order valence-electron chi connectivity index (χ0n) is 15.3. The molecule has 0 bridgehead atoms. The molecule has 138 valence electrons. The van der Waals surface area contributed by atoms with E-state index in [4.69, 9.17) is 0 Å². The fourth-order valence-electron chi connectivity index (χ4n) is 3.39. The minimum Gasteiger partial charge on any atom is -0.367 e. The maximum absolute atomic E-state index is 13.6. The molecule has 1 aliphatic rings. The van der Waals surface area contributed by atoms with Crippen molar-refractivity contribution in [1.82, 2.24) is 15.5 Å².